The van der Waals surface area contributed by atoms with Crippen molar-refractivity contribution in [2.75, 3.05) is 13.1 Å². The van der Waals surface area contributed by atoms with Crippen LogP contribution in [0.5, 0.6) is 0 Å². The summed E-state index contributed by atoms with van der Waals surface area (Å²) in [6.07, 6.45) is 8.10. The van der Waals surface area contributed by atoms with Gasteiger partial charge in [0.2, 0.25) is 6.33 Å². The average molecular weight is 522 g/mol. The Hall–Kier alpha value is -3.16. The summed E-state index contributed by atoms with van der Waals surface area (Å²) in [7, 11) is 1.91. The van der Waals surface area contributed by atoms with Crippen molar-refractivity contribution in [2.24, 2.45) is 13.0 Å². The van der Waals surface area contributed by atoms with Gasteiger partial charge in [-0.25, -0.2) is 14.3 Å². The van der Waals surface area contributed by atoms with Gasteiger partial charge < -0.3 is 14.7 Å². The third-order valence-electron chi connectivity index (χ3n) is 7.17. The summed E-state index contributed by atoms with van der Waals surface area (Å²) in [6.45, 7) is 6.92. The van der Waals surface area contributed by atoms with Gasteiger partial charge >= 0.3 is 6.09 Å². The molecule has 3 heterocycles. The number of aliphatic hydroxyl groups is 1. The van der Waals surface area contributed by atoms with Gasteiger partial charge in [-0.1, -0.05) is 23.7 Å². The first-order chi connectivity index (χ1) is 17.6. The minimum Gasteiger partial charge on any atom is -0.444 e. The van der Waals surface area contributed by atoms with Gasteiger partial charge in [0, 0.05) is 30.2 Å². The van der Waals surface area contributed by atoms with Crippen LogP contribution in [-0.4, -0.2) is 44.8 Å². The van der Waals surface area contributed by atoms with Crippen molar-refractivity contribution in [1.29, 1.82) is 0 Å². The topological polar surface area (TPSA) is 82.3 Å². The number of nitrogens with one attached hydrogen (secondary N) is 1. The highest BCUT2D eigenvalue weighted by Gasteiger charge is 2.37. The van der Waals surface area contributed by atoms with E-state index >= 15 is 0 Å². The number of piperidine rings is 1. The first kappa shape index (κ1) is 25.5. The number of fused-ring (bicyclic) bond motifs is 2. The second-order valence-corrected chi connectivity index (χ2v) is 11.5. The maximum atomic E-state index is 12.7. The zero-order chi connectivity index (χ0) is 26.3. The quantitative estimate of drug-likeness (QED) is 0.461. The van der Waals surface area contributed by atoms with Crippen LogP contribution in [0.4, 0.5) is 4.79 Å². The van der Waals surface area contributed by atoms with Crippen molar-refractivity contribution in [3.63, 3.8) is 0 Å². The number of hydrogen-bond donors (Lipinski definition) is 2. The molecule has 7 nitrogen and oxygen atoms in total. The second-order valence-electron chi connectivity index (χ2n) is 11.0. The number of amides is 1. The number of hydrogen-bond acceptors (Lipinski definition) is 4. The first-order valence-corrected chi connectivity index (χ1v) is 13.1. The smallest absolute Gasteiger partial charge is 0.410 e. The molecule has 1 amide bonds. The molecule has 1 aliphatic carbocycles. The normalized spacial score (nSPS) is 18.9. The van der Waals surface area contributed by atoms with Gasteiger partial charge in [0.25, 0.3) is 0 Å². The number of aryl methyl sites for hydroxylation is 1. The van der Waals surface area contributed by atoms with E-state index in [4.69, 9.17) is 21.3 Å². The predicted octanol–water partition coefficient (Wildman–Crippen LogP) is 5.25. The maximum Gasteiger partial charge on any atom is 0.410 e. The third-order valence-corrected chi connectivity index (χ3v) is 7.40. The lowest BCUT2D eigenvalue weighted by Gasteiger charge is -2.37. The number of carbonyl (C=O) groups is 1. The van der Waals surface area contributed by atoms with Crippen LogP contribution in [0.2, 0.25) is 5.02 Å². The van der Waals surface area contributed by atoms with Crippen molar-refractivity contribution < 1.29 is 19.2 Å². The number of benzene rings is 1. The van der Waals surface area contributed by atoms with Crippen LogP contribution in [-0.2, 0) is 11.8 Å². The Morgan fingerprint density at radius 1 is 1.27 bits per heavy atom. The van der Waals surface area contributed by atoms with E-state index in [1.807, 2.05) is 75.4 Å². The fourth-order valence-electron chi connectivity index (χ4n) is 5.49. The molecule has 2 N–H and O–H groups in total. The molecule has 1 aromatic carbocycles. The molecule has 2 atom stereocenters. The van der Waals surface area contributed by atoms with Crippen LogP contribution in [0.25, 0.3) is 11.6 Å². The summed E-state index contributed by atoms with van der Waals surface area (Å²) in [5.41, 5.74) is 4.96. The summed E-state index contributed by atoms with van der Waals surface area (Å²) in [4.78, 5) is 22.5. The Morgan fingerprint density at radius 3 is 2.70 bits per heavy atom. The van der Waals surface area contributed by atoms with Crippen molar-refractivity contribution in [3.8, 4) is 0 Å². The summed E-state index contributed by atoms with van der Waals surface area (Å²) in [5.74, 6) is 0.269. The van der Waals surface area contributed by atoms with Gasteiger partial charge in [0.15, 0.2) is 5.69 Å². The Kier molecular flexibility index (Phi) is 6.86. The maximum absolute atomic E-state index is 12.7. The largest absolute Gasteiger partial charge is 0.444 e. The third kappa shape index (κ3) is 5.29. The van der Waals surface area contributed by atoms with Crippen molar-refractivity contribution in [1.82, 2.24) is 14.9 Å². The van der Waals surface area contributed by atoms with E-state index in [2.05, 4.69) is 17.1 Å². The van der Waals surface area contributed by atoms with E-state index in [1.165, 1.54) is 0 Å². The molecule has 2 aromatic heterocycles. The predicted molar refractivity (Wildman–Crippen MR) is 143 cm³/mol. The van der Waals surface area contributed by atoms with E-state index < -0.39 is 11.7 Å². The molecular weight excluding hydrogens is 488 g/mol. The van der Waals surface area contributed by atoms with E-state index in [0.29, 0.717) is 23.8 Å². The lowest BCUT2D eigenvalue weighted by molar-refractivity contribution is -0.670. The molecule has 1 aliphatic heterocycles. The van der Waals surface area contributed by atoms with Gasteiger partial charge in [-0.15, -0.1) is 0 Å². The summed E-state index contributed by atoms with van der Waals surface area (Å²) >= 11 is 6.51. The number of rotatable bonds is 3. The van der Waals surface area contributed by atoms with Crippen LogP contribution in [0, 0.1) is 5.92 Å². The summed E-state index contributed by atoms with van der Waals surface area (Å²) in [6, 6.07) is 9.92. The van der Waals surface area contributed by atoms with Crippen molar-refractivity contribution in [2.45, 2.75) is 51.2 Å². The molecular formula is C29H34ClN4O3+. The van der Waals surface area contributed by atoms with E-state index in [-0.39, 0.29) is 17.9 Å². The van der Waals surface area contributed by atoms with Crippen LogP contribution >= 0.6 is 11.6 Å². The zero-order valence-electron chi connectivity index (χ0n) is 21.7. The second kappa shape index (κ2) is 9.95. The molecule has 1 fully saturated rings. The standard InChI is InChI=1S/C29H33ClN4O3/c1-29(2,3)37-28(36)34-12-9-18(10-13-34)25-21-8-7-20(30)15-22(21)23(14-19-6-5-11-31-26(19)25)27(35)24-16-33(4)17-32-24/h5-8,11,14-18,25,27,35H,9-10,12-13H2,1-4H3/p+1/t25-,27?/m0/s1. The minimum absolute atomic E-state index is 0.00459. The van der Waals surface area contributed by atoms with Gasteiger partial charge in [0.1, 0.15) is 17.9 Å². The number of H-pyrrole nitrogens is 1. The highest BCUT2D eigenvalue weighted by Crippen LogP contribution is 2.47. The number of aliphatic hydroxyl groups excluding tert-OH is 1. The molecule has 37 heavy (non-hydrogen) atoms. The highest BCUT2D eigenvalue weighted by atomic mass is 35.5. The number of imidazole rings is 1. The summed E-state index contributed by atoms with van der Waals surface area (Å²) < 4.78 is 7.49. The molecule has 3 aromatic rings. The number of halogens is 1. The van der Waals surface area contributed by atoms with Gasteiger partial charge in [-0.05, 0) is 86.1 Å². The fourth-order valence-corrected chi connectivity index (χ4v) is 5.66. The Labute approximate surface area is 222 Å². The molecule has 194 valence electrons. The van der Waals surface area contributed by atoms with Crippen molar-refractivity contribution in [3.05, 3.63) is 82.2 Å². The highest BCUT2D eigenvalue weighted by molar-refractivity contribution is 6.30. The van der Waals surface area contributed by atoms with Crippen LogP contribution in [0.1, 0.15) is 73.7 Å². The van der Waals surface area contributed by atoms with Crippen LogP contribution in [0.15, 0.2) is 49.1 Å². The Morgan fingerprint density at radius 2 is 2.03 bits per heavy atom. The van der Waals surface area contributed by atoms with E-state index in [1.54, 1.807) is 4.90 Å². The minimum atomic E-state index is -0.862. The molecule has 8 heteroatoms. The van der Waals surface area contributed by atoms with Crippen molar-refractivity contribution >= 4 is 29.3 Å². The molecule has 5 rings (SSSR count). The zero-order valence-corrected chi connectivity index (χ0v) is 22.5. The lowest BCUT2D eigenvalue weighted by atomic mass is 9.76. The SMILES string of the molecule is C[n+]1c[nH]c(C(O)C2=Cc3cccnc3[C@@H](C3CCN(C(=O)OC(C)(C)C)CC3)c3ccc(Cl)cc32)c1. The lowest BCUT2D eigenvalue weighted by Crippen LogP contribution is -2.42. The van der Waals surface area contributed by atoms with E-state index in [0.717, 1.165) is 40.8 Å². The molecule has 0 spiro atoms. The number of aromatic nitrogens is 3. The molecule has 0 radical (unpaired) electrons. The van der Waals surface area contributed by atoms with Gasteiger partial charge in [0.05, 0.1) is 12.7 Å². The van der Waals surface area contributed by atoms with Crippen LogP contribution < -0.4 is 4.57 Å². The molecule has 2 aliphatic rings. The van der Waals surface area contributed by atoms with Gasteiger partial charge in [-0.2, -0.15) is 0 Å². The number of aromatic amines is 1. The molecule has 1 saturated heterocycles. The number of ether oxygens (including phenoxy) is 1. The number of likely N-dealkylation sites (tertiary alicyclic amines) is 1. The molecule has 0 saturated carbocycles. The summed E-state index contributed by atoms with van der Waals surface area (Å²) in [5, 5.41) is 12.1. The Bertz CT molecular complexity index is 1330. The number of pyridine rings is 1. The number of nitrogens with zero attached hydrogens (tertiary/aromatic N) is 3. The molecule has 0 bridgehead atoms. The monoisotopic (exact) mass is 521 g/mol. The fraction of sp³-hybridized carbons (Fsp3) is 0.414. The number of carbonyl (C=O) groups excluding carboxylic acids is 1. The molecule has 1 unspecified atom stereocenters. The van der Waals surface area contributed by atoms with E-state index in [9.17, 15) is 9.90 Å². The van der Waals surface area contributed by atoms with Crippen LogP contribution in [0.3, 0.4) is 0 Å². The average Bonchev–Trinajstić information content (AvgIpc) is 3.23. The van der Waals surface area contributed by atoms with Gasteiger partial charge in [-0.3, -0.25) is 4.98 Å². The Balaban J connectivity index is 1.53. The first-order valence-electron chi connectivity index (χ1n) is 12.8.